The standard InChI is InChI=1S/C21H29N3O3/c1-2-3-5-20(26)23-10-4-11-24(13-12-23)21(27)15-16-6-8-18-17(14-16)7-9-19(25)22-18/h6,8,14H,2-5,7,9-13,15H2,1H3,(H,22,25). The maximum absolute atomic E-state index is 12.7. The van der Waals surface area contributed by atoms with Crippen molar-refractivity contribution in [2.75, 3.05) is 31.5 Å². The lowest BCUT2D eigenvalue weighted by molar-refractivity contribution is -0.133. The fourth-order valence-corrected chi connectivity index (χ4v) is 3.74. The molecule has 1 fully saturated rings. The Hall–Kier alpha value is -2.37. The summed E-state index contributed by atoms with van der Waals surface area (Å²) < 4.78 is 0. The molecule has 3 rings (SSSR count). The number of nitrogens with one attached hydrogen (secondary N) is 1. The molecule has 146 valence electrons. The quantitative estimate of drug-likeness (QED) is 0.864. The van der Waals surface area contributed by atoms with Gasteiger partial charge in [-0.05, 0) is 36.5 Å². The largest absolute Gasteiger partial charge is 0.341 e. The Morgan fingerprint density at radius 1 is 1.04 bits per heavy atom. The van der Waals surface area contributed by atoms with Gasteiger partial charge >= 0.3 is 0 Å². The summed E-state index contributed by atoms with van der Waals surface area (Å²) >= 11 is 0. The van der Waals surface area contributed by atoms with Gasteiger partial charge in [0.2, 0.25) is 17.7 Å². The summed E-state index contributed by atoms with van der Waals surface area (Å²) in [4.78, 5) is 40.2. The third kappa shape index (κ3) is 5.08. The predicted molar refractivity (Wildman–Crippen MR) is 104 cm³/mol. The van der Waals surface area contributed by atoms with Crippen LogP contribution in [0.15, 0.2) is 18.2 Å². The van der Waals surface area contributed by atoms with Crippen LogP contribution in [0.4, 0.5) is 5.69 Å². The summed E-state index contributed by atoms with van der Waals surface area (Å²) in [5.41, 5.74) is 2.94. The van der Waals surface area contributed by atoms with Crippen molar-refractivity contribution in [3.63, 3.8) is 0 Å². The Labute approximate surface area is 160 Å². The summed E-state index contributed by atoms with van der Waals surface area (Å²) in [6.45, 7) is 4.77. The molecule has 0 unspecified atom stereocenters. The molecule has 27 heavy (non-hydrogen) atoms. The molecule has 6 heteroatoms. The van der Waals surface area contributed by atoms with Gasteiger partial charge in [-0.15, -0.1) is 0 Å². The number of benzene rings is 1. The SMILES string of the molecule is CCCCC(=O)N1CCCN(C(=O)Cc2ccc3c(c2)CCC(=O)N3)CC1. The summed E-state index contributed by atoms with van der Waals surface area (Å²) in [7, 11) is 0. The summed E-state index contributed by atoms with van der Waals surface area (Å²) in [6.07, 6.45) is 4.98. The maximum Gasteiger partial charge on any atom is 0.227 e. The lowest BCUT2D eigenvalue weighted by atomic mass is 9.99. The number of unbranched alkanes of at least 4 members (excludes halogenated alkanes) is 1. The van der Waals surface area contributed by atoms with Crippen LogP contribution in [0, 0.1) is 0 Å². The van der Waals surface area contributed by atoms with Gasteiger partial charge in [-0.1, -0.05) is 25.5 Å². The van der Waals surface area contributed by atoms with Crippen LogP contribution in [0.5, 0.6) is 0 Å². The number of hydrogen-bond acceptors (Lipinski definition) is 3. The molecule has 1 aromatic carbocycles. The first kappa shape index (κ1) is 19.4. The number of fused-ring (bicyclic) bond motifs is 1. The molecule has 2 aliphatic rings. The number of rotatable bonds is 5. The van der Waals surface area contributed by atoms with Crippen molar-refractivity contribution in [2.24, 2.45) is 0 Å². The molecule has 3 amide bonds. The van der Waals surface area contributed by atoms with Gasteiger partial charge in [-0.3, -0.25) is 14.4 Å². The second-order valence-corrected chi connectivity index (χ2v) is 7.44. The number of amides is 3. The van der Waals surface area contributed by atoms with Crippen molar-refractivity contribution >= 4 is 23.4 Å². The third-order valence-corrected chi connectivity index (χ3v) is 5.37. The predicted octanol–water partition coefficient (Wildman–Crippen LogP) is 2.36. The number of carbonyl (C=O) groups excluding carboxylic acids is 3. The van der Waals surface area contributed by atoms with Crippen LogP contribution in [0.25, 0.3) is 0 Å². The molecule has 1 aromatic rings. The average Bonchev–Trinajstić information content (AvgIpc) is 2.92. The average molecular weight is 371 g/mol. The first-order chi connectivity index (χ1) is 13.1. The van der Waals surface area contributed by atoms with E-state index >= 15 is 0 Å². The van der Waals surface area contributed by atoms with Gasteiger partial charge in [0.05, 0.1) is 6.42 Å². The van der Waals surface area contributed by atoms with Gasteiger partial charge in [-0.25, -0.2) is 0 Å². The third-order valence-electron chi connectivity index (χ3n) is 5.37. The van der Waals surface area contributed by atoms with Crippen LogP contribution in [-0.2, 0) is 27.2 Å². The van der Waals surface area contributed by atoms with Gasteiger partial charge in [0, 0.05) is 44.7 Å². The molecule has 0 spiro atoms. The zero-order valence-corrected chi connectivity index (χ0v) is 16.1. The Balaban J connectivity index is 1.55. The fourth-order valence-electron chi connectivity index (χ4n) is 3.74. The van der Waals surface area contributed by atoms with Crippen LogP contribution < -0.4 is 5.32 Å². The van der Waals surface area contributed by atoms with Crippen molar-refractivity contribution in [3.8, 4) is 0 Å². The fraction of sp³-hybridized carbons (Fsp3) is 0.571. The molecule has 2 heterocycles. The minimum Gasteiger partial charge on any atom is -0.341 e. The van der Waals surface area contributed by atoms with Crippen molar-refractivity contribution in [1.29, 1.82) is 0 Å². The maximum atomic E-state index is 12.7. The number of anilines is 1. The number of nitrogens with zero attached hydrogens (tertiary/aromatic N) is 2. The van der Waals surface area contributed by atoms with Crippen LogP contribution in [-0.4, -0.2) is 53.7 Å². The van der Waals surface area contributed by atoms with Crippen LogP contribution in [0.3, 0.4) is 0 Å². The highest BCUT2D eigenvalue weighted by Crippen LogP contribution is 2.24. The van der Waals surface area contributed by atoms with E-state index in [1.54, 1.807) is 0 Å². The van der Waals surface area contributed by atoms with E-state index in [4.69, 9.17) is 0 Å². The van der Waals surface area contributed by atoms with Gasteiger partial charge in [0.15, 0.2) is 0 Å². The molecule has 0 aliphatic carbocycles. The Morgan fingerprint density at radius 2 is 1.78 bits per heavy atom. The number of aryl methyl sites for hydroxylation is 1. The topological polar surface area (TPSA) is 69.7 Å². The van der Waals surface area contributed by atoms with Gasteiger partial charge < -0.3 is 15.1 Å². The molecule has 1 saturated heterocycles. The van der Waals surface area contributed by atoms with E-state index in [-0.39, 0.29) is 17.7 Å². The van der Waals surface area contributed by atoms with Gasteiger partial charge in [0.25, 0.3) is 0 Å². The summed E-state index contributed by atoms with van der Waals surface area (Å²) in [5, 5.41) is 2.87. The van der Waals surface area contributed by atoms with Crippen molar-refractivity contribution in [3.05, 3.63) is 29.3 Å². The summed E-state index contributed by atoms with van der Waals surface area (Å²) in [6, 6.07) is 5.84. The van der Waals surface area contributed by atoms with Gasteiger partial charge in [0.1, 0.15) is 0 Å². The van der Waals surface area contributed by atoms with E-state index < -0.39 is 0 Å². The molecule has 0 bridgehead atoms. The van der Waals surface area contributed by atoms with E-state index in [1.165, 1.54) is 0 Å². The second-order valence-electron chi connectivity index (χ2n) is 7.44. The zero-order valence-electron chi connectivity index (χ0n) is 16.1. The van der Waals surface area contributed by atoms with E-state index in [0.29, 0.717) is 38.9 Å². The van der Waals surface area contributed by atoms with E-state index in [2.05, 4.69) is 12.2 Å². The molecular formula is C21H29N3O3. The molecule has 0 aromatic heterocycles. The van der Waals surface area contributed by atoms with Crippen LogP contribution >= 0.6 is 0 Å². The molecule has 0 atom stereocenters. The molecule has 0 saturated carbocycles. The van der Waals surface area contributed by atoms with Crippen LogP contribution in [0.2, 0.25) is 0 Å². The molecule has 6 nitrogen and oxygen atoms in total. The van der Waals surface area contributed by atoms with Gasteiger partial charge in [-0.2, -0.15) is 0 Å². The smallest absolute Gasteiger partial charge is 0.227 e. The minimum atomic E-state index is 0.0499. The normalized spacial score (nSPS) is 17.1. The monoisotopic (exact) mass is 371 g/mol. The first-order valence-corrected chi connectivity index (χ1v) is 10.0. The van der Waals surface area contributed by atoms with Crippen LogP contribution in [0.1, 0.15) is 50.2 Å². The number of hydrogen-bond donors (Lipinski definition) is 1. The second kappa shape index (κ2) is 9.02. The Morgan fingerprint density at radius 3 is 2.52 bits per heavy atom. The Bertz CT molecular complexity index is 717. The van der Waals surface area contributed by atoms with E-state index in [0.717, 1.165) is 49.0 Å². The zero-order chi connectivity index (χ0) is 19.2. The molecule has 2 aliphatic heterocycles. The first-order valence-electron chi connectivity index (χ1n) is 10.0. The van der Waals surface area contributed by atoms with E-state index in [1.807, 2.05) is 28.0 Å². The molecule has 1 N–H and O–H groups in total. The van der Waals surface area contributed by atoms with Crippen molar-refractivity contribution in [1.82, 2.24) is 9.80 Å². The summed E-state index contributed by atoms with van der Waals surface area (Å²) in [5.74, 6) is 0.370. The van der Waals surface area contributed by atoms with E-state index in [9.17, 15) is 14.4 Å². The number of carbonyl (C=O) groups is 3. The molecular weight excluding hydrogens is 342 g/mol. The minimum absolute atomic E-state index is 0.0499. The molecule has 0 radical (unpaired) electrons. The lowest BCUT2D eigenvalue weighted by Crippen LogP contribution is -2.37. The van der Waals surface area contributed by atoms with Crippen molar-refractivity contribution < 1.29 is 14.4 Å². The Kier molecular flexibility index (Phi) is 6.48. The highest BCUT2D eigenvalue weighted by molar-refractivity contribution is 5.94. The van der Waals surface area contributed by atoms with Crippen molar-refractivity contribution in [2.45, 2.75) is 51.9 Å². The highest BCUT2D eigenvalue weighted by Gasteiger charge is 2.22. The highest BCUT2D eigenvalue weighted by atomic mass is 16.2. The lowest BCUT2D eigenvalue weighted by Gasteiger charge is -2.23.